The maximum absolute atomic E-state index is 12.2. The first-order valence-corrected chi connectivity index (χ1v) is 25.1. The molecule has 1 amide bonds. The topological polar surface area (TPSA) is 66.4 Å². The van der Waals surface area contributed by atoms with Crippen LogP contribution in [0.25, 0.3) is 0 Å². The molecular formula is C50H99NO3. The first-order chi connectivity index (χ1) is 26.6. The minimum Gasteiger partial charge on any atom is -0.391 e. The highest BCUT2D eigenvalue weighted by atomic mass is 16.3. The molecule has 0 aromatic rings. The Kier molecular flexibility index (Phi) is 45.7. The molecule has 0 bridgehead atoms. The van der Waals surface area contributed by atoms with Gasteiger partial charge in [-0.1, -0.05) is 251 Å². The number of Topliss-reactive ketones (excluding diaryl/α,β-unsaturated/α-hetero) is 1. The third kappa shape index (κ3) is 45.5. The SMILES string of the molecule is CCCCCCCCCCCCCCCCCC[C@@H](O)CNC(=O)CCCCCCCCCCCCCCCC(=O)CCCCCCCCCCCCC. The van der Waals surface area contributed by atoms with Crippen LogP contribution in [0.4, 0.5) is 0 Å². The van der Waals surface area contributed by atoms with Crippen LogP contribution in [0.1, 0.15) is 296 Å². The molecule has 0 aliphatic carbocycles. The molecule has 0 radical (unpaired) electrons. The summed E-state index contributed by atoms with van der Waals surface area (Å²) in [6, 6.07) is 0. The summed E-state index contributed by atoms with van der Waals surface area (Å²) in [6.07, 6.45) is 55.5. The van der Waals surface area contributed by atoms with Gasteiger partial charge in [0, 0.05) is 25.8 Å². The van der Waals surface area contributed by atoms with Crippen LogP contribution in [0.2, 0.25) is 0 Å². The smallest absolute Gasteiger partial charge is 0.220 e. The van der Waals surface area contributed by atoms with E-state index in [4.69, 9.17) is 0 Å². The molecule has 322 valence electrons. The molecule has 4 heteroatoms. The zero-order valence-corrected chi connectivity index (χ0v) is 37.2. The minimum atomic E-state index is -0.398. The van der Waals surface area contributed by atoms with Crippen LogP contribution in [0.3, 0.4) is 0 Å². The Balaban J connectivity index is 3.29. The van der Waals surface area contributed by atoms with Crippen molar-refractivity contribution in [3.63, 3.8) is 0 Å². The Bertz CT molecular complexity index is 739. The summed E-state index contributed by atoms with van der Waals surface area (Å²) in [7, 11) is 0. The number of hydrogen-bond acceptors (Lipinski definition) is 3. The molecule has 54 heavy (non-hydrogen) atoms. The zero-order valence-electron chi connectivity index (χ0n) is 37.2. The van der Waals surface area contributed by atoms with E-state index in [9.17, 15) is 14.7 Å². The lowest BCUT2D eigenvalue weighted by Crippen LogP contribution is -2.31. The van der Waals surface area contributed by atoms with Gasteiger partial charge in [-0.3, -0.25) is 9.59 Å². The summed E-state index contributed by atoms with van der Waals surface area (Å²) in [5.41, 5.74) is 0. The second-order valence-electron chi connectivity index (χ2n) is 17.5. The number of rotatable bonds is 47. The molecule has 0 saturated carbocycles. The van der Waals surface area contributed by atoms with Gasteiger partial charge >= 0.3 is 0 Å². The van der Waals surface area contributed by atoms with Crippen molar-refractivity contribution in [2.24, 2.45) is 0 Å². The van der Waals surface area contributed by atoms with E-state index in [1.807, 2.05) is 0 Å². The number of ketones is 1. The number of aliphatic hydroxyl groups is 1. The van der Waals surface area contributed by atoms with E-state index in [1.165, 1.54) is 225 Å². The van der Waals surface area contributed by atoms with E-state index in [1.54, 1.807) is 0 Å². The second kappa shape index (κ2) is 46.5. The molecule has 0 unspecified atom stereocenters. The Morgan fingerprint density at radius 3 is 0.889 bits per heavy atom. The van der Waals surface area contributed by atoms with Crippen molar-refractivity contribution in [2.75, 3.05) is 6.54 Å². The van der Waals surface area contributed by atoms with Gasteiger partial charge in [0.15, 0.2) is 0 Å². The first-order valence-electron chi connectivity index (χ1n) is 25.1. The van der Waals surface area contributed by atoms with Crippen LogP contribution in [0.5, 0.6) is 0 Å². The van der Waals surface area contributed by atoms with Crippen molar-refractivity contribution in [1.82, 2.24) is 5.32 Å². The molecule has 0 aliphatic heterocycles. The fraction of sp³-hybridized carbons (Fsp3) is 0.960. The summed E-state index contributed by atoms with van der Waals surface area (Å²) in [5.74, 6) is 0.604. The minimum absolute atomic E-state index is 0.104. The fourth-order valence-electron chi connectivity index (χ4n) is 8.01. The van der Waals surface area contributed by atoms with E-state index < -0.39 is 6.10 Å². The van der Waals surface area contributed by atoms with Crippen molar-refractivity contribution < 1.29 is 14.7 Å². The van der Waals surface area contributed by atoms with Crippen LogP contribution in [-0.4, -0.2) is 29.4 Å². The van der Waals surface area contributed by atoms with Crippen LogP contribution in [0.15, 0.2) is 0 Å². The van der Waals surface area contributed by atoms with Crippen molar-refractivity contribution in [1.29, 1.82) is 0 Å². The Morgan fingerprint density at radius 1 is 0.352 bits per heavy atom. The van der Waals surface area contributed by atoms with Crippen LogP contribution < -0.4 is 5.32 Å². The van der Waals surface area contributed by atoms with E-state index in [2.05, 4.69) is 19.2 Å². The summed E-state index contributed by atoms with van der Waals surface area (Å²) < 4.78 is 0. The van der Waals surface area contributed by atoms with E-state index in [-0.39, 0.29) is 5.91 Å². The van der Waals surface area contributed by atoms with Crippen LogP contribution in [0, 0.1) is 0 Å². The zero-order chi connectivity index (χ0) is 39.3. The van der Waals surface area contributed by atoms with Gasteiger partial charge < -0.3 is 10.4 Å². The van der Waals surface area contributed by atoms with Gasteiger partial charge in [-0.05, 0) is 25.7 Å². The summed E-state index contributed by atoms with van der Waals surface area (Å²) >= 11 is 0. The lowest BCUT2D eigenvalue weighted by molar-refractivity contribution is -0.121. The molecule has 0 rings (SSSR count). The molecule has 0 fully saturated rings. The van der Waals surface area contributed by atoms with Gasteiger partial charge in [0.05, 0.1) is 6.10 Å². The third-order valence-electron chi connectivity index (χ3n) is 11.8. The summed E-state index contributed by atoms with van der Waals surface area (Å²) in [4.78, 5) is 24.4. The largest absolute Gasteiger partial charge is 0.391 e. The predicted molar refractivity (Wildman–Crippen MR) is 239 cm³/mol. The first kappa shape index (κ1) is 53.1. The molecule has 4 nitrogen and oxygen atoms in total. The highest BCUT2D eigenvalue weighted by Gasteiger charge is 2.07. The fourth-order valence-corrected chi connectivity index (χ4v) is 8.01. The highest BCUT2D eigenvalue weighted by molar-refractivity contribution is 5.78. The molecule has 0 aromatic carbocycles. The predicted octanol–water partition coefficient (Wildman–Crippen LogP) is 16.2. The van der Waals surface area contributed by atoms with E-state index in [0.717, 1.165) is 51.4 Å². The Morgan fingerprint density at radius 2 is 0.593 bits per heavy atom. The van der Waals surface area contributed by atoms with Gasteiger partial charge in [-0.2, -0.15) is 0 Å². The maximum atomic E-state index is 12.2. The average Bonchev–Trinajstić information content (AvgIpc) is 3.17. The number of amides is 1. The Labute approximate surface area is 339 Å². The van der Waals surface area contributed by atoms with Crippen molar-refractivity contribution >= 4 is 11.7 Å². The number of hydrogen-bond donors (Lipinski definition) is 2. The lowest BCUT2D eigenvalue weighted by Gasteiger charge is -2.12. The van der Waals surface area contributed by atoms with Gasteiger partial charge in [0.2, 0.25) is 5.91 Å². The number of nitrogens with one attached hydrogen (secondary N) is 1. The molecule has 1 atom stereocenters. The Hall–Kier alpha value is -0.900. The number of unbranched alkanes of at least 4 members (excludes halogenated alkanes) is 37. The second-order valence-corrected chi connectivity index (χ2v) is 17.5. The monoisotopic (exact) mass is 762 g/mol. The normalized spacial score (nSPS) is 12.1. The van der Waals surface area contributed by atoms with Gasteiger partial charge in [-0.25, -0.2) is 0 Å². The summed E-state index contributed by atoms with van der Waals surface area (Å²) in [5, 5.41) is 13.2. The van der Waals surface area contributed by atoms with Crippen molar-refractivity contribution in [3.8, 4) is 0 Å². The van der Waals surface area contributed by atoms with Crippen molar-refractivity contribution in [2.45, 2.75) is 302 Å². The molecule has 2 N–H and O–H groups in total. The van der Waals surface area contributed by atoms with Gasteiger partial charge in [0.25, 0.3) is 0 Å². The average molecular weight is 762 g/mol. The van der Waals surface area contributed by atoms with Crippen LogP contribution in [-0.2, 0) is 9.59 Å². The molecular weight excluding hydrogens is 663 g/mol. The number of carbonyl (C=O) groups is 2. The van der Waals surface area contributed by atoms with Crippen LogP contribution >= 0.6 is 0 Å². The standard InChI is InChI=1S/C50H99NO3/c1-3-5-7-9-11-13-15-16-17-18-20-25-29-33-37-41-45-49(53)47-51-50(54)46-42-38-34-30-26-22-19-21-24-28-32-36-40-44-48(52)43-39-35-31-27-23-14-12-10-8-6-4-2/h49,53H,3-47H2,1-2H3,(H,51,54)/t49-/m1/s1. The van der Waals surface area contributed by atoms with Gasteiger partial charge in [-0.15, -0.1) is 0 Å². The number of aliphatic hydroxyl groups excluding tert-OH is 1. The quantitative estimate of drug-likeness (QED) is 0.0607. The maximum Gasteiger partial charge on any atom is 0.220 e. The highest BCUT2D eigenvalue weighted by Crippen LogP contribution is 2.17. The molecule has 0 saturated heterocycles. The van der Waals surface area contributed by atoms with E-state index >= 15 is 0 Å². The molecule has 0 aliphatic rings. The van der Waals surface area contributed by atoms with Crippen molar-refractivity contribution in [3.05, 3.63) is 0 Å². The van der Waals surface area contributed by atoms with E-state index in [0.29, 0.717) is 18.7 Å². The lowest BCUT2D eigenvalue weighted by atomic mass is 10.0. The number of carbonyl (C=O) groups excluding carboxylic acids is 2. The molecule has 0 heterocycles. The molecule has 0 spiro atoms. The summed E-state index contributed by atoms with van der Waals surface area (Å²) in [6.45, 7) is 4.98. The third-order valence-corrected chi connectivity index (χ3v) is 11.8. The molecule has 0 aromatic heterocycles. The van der Waals surface area contributed by atoms with Gasteiger partial charge in [0.1, 0.15) is 5.78 Å².